The smallest absolute Gasteiger partial charge is 0.251 e. The van der Waals surface area contributed by atoms with Gasteiger partial charge in [-0.05, 0) is 128 Å². The quantitative estimate of drug-likeness (QED) is 0.106. The predicted molar refractivity (Wildman–Crippen MR) is 284 cm³/mol. The fourth-order valence-electron chi connectivity index (χ4n) is 11.0. The van der Waals surface area contributed by atoms with Gasteiger partial charge < -0.3 is 39.5 Å². The van der Waals surface area contributed by atoms with Crippen molar-refractivity contribution in [3.05, 3.63) is 235 Å². The number of halogens is 4. The predicted octanol–water partition coefficient (Wildman–Crippen LogP) is 13.0. The van der Waals surface area contributed by atoms with Crippen molar-refractivity contribution >= 4 is 57.1 Å². The van der Waals surface area contributed by atoms with Crippen LogP contribution in [0, 0.1) is 11.6 Å². The van der Waals surface area contributed by atoms with Gasteiger partial charge in [-0.2, -0.15) is 0 Å². The molecule has 10 aromatic rings. The van der Waals surface area contributed by atoms with Crippen LogP contribution in [0.3, 0.4) is 0 Å². The molecule has 6 heterocycles. The van der Waals surface area contributed by atoms with Crippen LogP contribution in [0.15, 0.2) is 146 Å². The standard InChI is InChI=1S/2C30H21ClFN3O3/c1-37-25-10-9-23(31)22(26(25)32)13-33-30(36)16-6-8-19-21(12-16)29-18-7-5-15(11-20(18)28(19)38-29)17-3-2-4-24-27(17)35-14-34-24;1-37-25-10-9-23(31)22(26(25)32)13-33-30(36)16-6-8-19-21(12-16)29-20-11-15(5-7-18(20)28(19)38-29)17-3-2-4-24-27(17)35-14-34-24/h2*2-12,14,28-29H,13H2,1H3,(H,33,36)(H,34,35). The SMILES string of the molecule is COc1ccc(Cl)c(CNC(=O)c2ccc3c(c2)C2OC3c3cc(-c4cccc5[nH]cnc45)ccc32)c1F.COc1ccc(Cl)c(CNC(=O)c2ccc3c(c2)C2OC3c3ccc(-c4cccc5[nH]cnc45)cc32)c1F. The number of hydrogen-bond donors (Lipinski definition) is 4. The van der Waals surface area contributed by atoms with E-state index >= 15 is 0 Å². The molecule has 14 rings (SSSR count). The van der Waals surface area contributed by atoms with E-state index in [-0.39, 0.29) is 82.0 Å². The van der Waals surface area contributed by atoms with E-state index in [1.165, 1.54) is 26.4 Å². The summed E-state index contributed by atoms with van der Waals surface area (Å²) in [5.41, 5.74) is 17.9. The van der Waals surface area contributed by atoms with Gasteiger partial charge in [-0.1, -0.05) is 83.9 Å². The number of nitrogens with one attached hydrogen (secondary N) is 4. The van der Waals surface area contributed by atoms with E-state index in [0.717, 1.165) is 88.8 Å². The molecule has 0 spiro atoms. The highest BCUT2D eigenvalue weighted by Gasteiger charge is 2.44. The Labute approximate surface area is 442 Å². The molecule has 376 valence electrons. The number of aromatic nitrogens is 4. The van der Waals surface area contributed by atoms with Gasteiger partial charge in [-0.15, -0.1) is 0 Å². The van der Waals surface area contributed by atoms with E-state index in [1.807, 2.05) is 48.5 Å². The minimum Gasteiger partial charge on any atom is -0.494 e. The van der Waals surface area contributed by atoms with Gasteiger partial charge in [-0.3, -0.25) is 9.59 Å². The number of para-hydroxylation sites is 2. The van der Waals surface area contributed by atoms with Crippen molar-refractivity contribution in [3.63, 3.8) is 0 Å². The van der Waals surface area contributed by atoms with Gasteiger partial charge in [0.25, 0.3) is 11.8 Å². The van der Waals surface area contributed by atoms with E-state index in [2.05, 4.69) is 79.1 Å². The second-order valence-electron chi connectivity index (χ2n) is 18.8. The monoisotopic (exact) mass is 1050 g/mol. The number of benzene rings is 8. The van der Waals surface area contributed by atoms with Crippen LogP contribution in [0.5, 0.6) is 11.5 Å². The number of rotatable bonds is 10. The average Bonchev–Trinajstić information content (AvgIpc) is 4.48. The van der Waals surface area contributed by atoms with Crippen molar-refractivity contribution in [1.29, 1.82) is 0 Å². The van der Waals surface area contributed by atoms with Crippen molar-refractivity contribution < 1.29 is 37.3 Å². The van der Waals surface area contributed by atoms with Gasteiger partial charge in [-0.25, -0.2) is 18.7 Å². The van der Waals surface area contributed by atoms with Gasteiger partial charge in [0.05, 0.1) is 48.9 Å². The summed E-state index contributed by atoms with van der Waals surface area (Å²) >= 11 is 12.3. The lowest BCUT2D eigenvalue weighted by Crippen LogP contribution is -2.24. The lowest BCUT2D eigenvalue weighted by atomic mass is 9.83. The average molecular weight is 1050 g/mol. The van der Waals surface area contributed by atoms with Gasteiger partial charge in [0.1, 0.15) is 24.4 Å². The molecule has 76 heavy (non-hydrogen) atoms. The number of carbonyl (C=O) groups excluding carboxylic acids is 2. The first-order valence-corrected chi connectivity index (χ1v) is 25.1. The Morgan fingerprint density at radius 1 is 0.526 bits per heavy atom. The van der Waals surface area contributed by atoms with Gasteiger partial charge in [0, 0.05) is 56.5 Å². The maximum absolute atomic E-state index is 14.6. The van der Waals surface area contributed by atoms with Gasteiger partial charge in [0.15, 0.2) is 23.1 Å². The molecule has 4 unspecified atom stereocenters. The Balaban J connectivity index is 0.000000146. The Bertz CT molecular complexity index is 4050. The third kappa shape index (κ3) is 7.78. The molecule has 0 fully saturated rings. The normalized spacial score (nSPS) is 16.9. The minimum absolute atomic E-state index is 0.0608. The molecule has 4 N–H and O–H groups in total. The number of aromatic amines is 2. The molecule has 0 aliphatic carbocycles. The first-order valence-electron chi connectivity index (χ1n) is 24.4. The summed E-state index contributed by atoms with van der Waals surface area (Å²) in [6.07, 6.45) is 2.55. The van der Waals surface area contributed by atoms with Crippen molar-refractivity contribution in [2.24, 2.45) is 0 Å². The molecule has 2 aromatic heterocycles. The summed E-state index contributed by atoms with van der Waals surface area (Å²) in [4.78, 5) is 41.3. The highest BCUT2D eigenvalue weighted by atomic mass is 35.5. The van der Waals surface area contributed by atoms with Crippen LogP contribution < -0.4 is 20.1 Å². The second-order valence-corrected chi connectivity index (χ2v) is 19.6. The van der Waals surface area contributed by atoms with Crippen molar-refractivity contribution in [2.75, 3.05) is 14.2 Å². The van der Waals surface area contributed by atoms with Crippen molar-refractivity contribution in [2.45, 2.75) is 37.5 Å². The van der Waals surface area contributed by atoms with Crippen molar-refractivity contribution in [3.8, 4) is 33.8 Å². The van der Waals surface area contributed by atoms with Crippen LogP contribution >= 0.6 is 23.2 Å². The minimum atomic E-state index is -0.585. The Kier molecular flexibility index (Phi) is 11.7. The Morgan fingerprint density at radius 2 is 0.921 bits per heavy atom. The molecule has 4 aliphatic heterocycles. The third-order valence-electron chi connectivity index (χ3n) is 14.8. The summed E-state index contributed by atoms with van der Waals surface area (Å²) in [5.74, 6) is -1.67. The second kappa shape index (κ2) is 18.8. The highest BCUT2D eigenvalue weighted by Crippen LogP contribution is 2.56. The number of hydrogen-bond acceptors (Lipinski definition) is 8. The molecule has 8 aromatic carbocycles. The zero-order valence-corrected chi connectivity index (χ0v) is 41.9. The zero-order chi connectivity index (χ0) is 51.9. The zero-order valence-electron chi connectivity index (χ0n) is 40.4. The number of imidazole rings is 2. The molecule has 2 amide bonds. The summed E-state index contributed by atoms with van der Waals surface area (Å²) in [7, 11) is 2.77. The van der Waals surface area contributed by atoms with E-state index < -0.39 is 11.6 Å². The molecule has 12 nitrogen and oxygen atoms in total. The molecule has 0 saturated heterocycles. The number of carbonyl (C=O) groups is 2. The molecule has 16 heteroatoms. The number of nitrogens with zero attached hydrogens (tertiary/aromatic N) is 2. The van der Waals surface area contributed by atoms with E-state index in [9.17, 15) is 18.4 Å². The van der Waals surface area contributed by atoms with Crippen LogP contribution in [0.2, 0.25) is 10.0 Å². The largest absolute Gasteiger partial charge is 0.494 e. The Morgan fingerprint density at radius 3 is 1.36 bits per heavy atom. The van der Waals surface area contributed by atoms with Crippen LogP contribution in [0.25, 0.3) is 44.3 Å². The summed E-state index contributed by atoms with van der Waals surface area (Å²) in [6.45, 7) is -0.125. The van der Waals surface area contributed by atoms with Crippen LogP contribution in [0.1, 0.15) is 101 Å². The molecule has 4 bridgehead atoms. The summed E-state index contributed by atoms with van der Waals surface area (Å²) in [5, 5.41) is 6.00. The van der Waals surface area contributed by atoms with E-state index in [0.29, 0.717) is 11.1 Å². The van der Waals surface area contributed by atoms with E-state index in [4.69, 9.17) is 42.1 Å². The Hall–Kier alpha value is -8.40. The molecular formula is C60H42Cl2F2N6O6. The first kappa shape index (κ1) is 47.3. The molecule has 4 aliphatic rings. The number of methoxy groups -OCH3 is 2. The summed E-state index contributed by atoms with van der Waals surface area (Å²) < 4.78 is 52.0. The maximum Gasteiger partial charge on any atom is 0.251 e. The number of H-pyrrole nitrogens is 2. The van der Waals surface area contributed by atoms with Crippen LogP contribution in [0.4, 0.5) is 8.78 Å². The molecular weight excluding hydrogens is 1010 g/mol. The fourth-order valence-corrected chi connectivity index (χ4v) is 11.5. The number of ether oxygens (including phenoxy) is 4. The molecule has 4 atom stereocenters. The lowest BCUT2D eigenvalue weighted by molar-refractivity contribution is 0.0856. The number of fused-ring (bicyclic) bond motifs is 18. The highest BCUT2D eigenvalue weighted by molar-refractivity contribution is 6.31. The third-order valence-corrected chi connectivity index (χ3v) is 15.5. The van der Waals surface area contributed by atoms with Crippen LogP contribution in [-0.2, 0) is 22.6 Å². The van der Waals surface area contributed by atoms with Gasteiger partial charge >= 0.3 is 0 Å². The van der Waals surface area contributed by atoms with Crippen LogP contribution in [-0.4, -0.2) is 46.0 Å². The van der Waals surface area contributed by atoms with E-state index in [1.54, 1.807) is 36.9 Å². The lowest BCUT2D eigenvalue weighted by Gasteiger charge is -2.18. The molecule has 0 saturated carbocycles. The number of amides is 2. The van der Waals surface area contributed by atoms with Crippen molar-refractivity contribution in [1.82, 2.24) is 30.6 Å². The first-order chi connectivity index (χ1) is 37.1. The van der Waals surface area contributed by atoms with Gasteiger partial charge in [0.2, 0.25) is 0 Å². The topological polar surface area (TPSA) is 152 Å². The maximum atomic E-state index is 14.6. The molecule has 0 radical (unpaired) electrons. The fraction of sp³-hybridized carbons (Fsp3) is 0.133. The summed E-state index contributed by atoms with van der Waals surface area (Å²) in [6, 6.07) is 42.1.